The number of rotatable bonds is 8. The third kappa shape index (κ3) is 5.01. The van der Waals surface area contributed by atoms with Crippen LogP contribution in [0.2, 0.25) is 0 Å². The zero-order valence-electron chi connectivity index (χ0n) is 13.7. The maximum absolute atomic E-state index is 3.68. The Bertz CT molecular complexity index is 257. The molecule has 0 aliphatic carbocycles. The number of nitrogens with zero attached hydrogens (tertiary/aromatic N) is 2. The third-order valence-corrected chi connectivity index (χ3v) is 5.12. The van der Waals surface area contributed by atoms with Gasteiger partial charge in [-0.3, -0.25) is 4.90 Å². The van der Waals surface area contributed by atoms with Crippen LogP contribution < -0.4 is 5.32 Å². The Morgan fingerprint density at radius 2 is 2.05 bits per heavy atom. The van der Waals surface area contributed by atoms with E-state index in [1.807, 2.05) is 0 Å². The number of hydrogen-bond donors (Lipinski definition) is 1. The van der Waals surface area contributed by atoms with Crippen molar-refractivity contribution in [1.29, 1.82) is 0 Å². The summed E-state index contributed by atoms with van der Waals surface area (Å²) in [5.41, 5.74) is 0. The van der Waals surface area contributed by atoms with Gasteiger partial charge in [0.2, 0.25) is 0 Å². The van der Waals surface area contributed by atoms with Crippen molar-refractivity contribution in [3.8, 4) is 0 Å². The van der Waals surface area contributed by atoms with E-state index in [4.69, 9.17) is 0 Å². The van der Waals surface area contributed by atoms with E-state index in [0.717, 1.165) is 12.1 Å². The molecular formula is C17H35N3. The summed E-state index contributed by atoms with van der Waals surface area (Å²) in [6.45, 7) is 12.4. The Morgan fingerprint density at radius 1 is 1.15 bits per heavy atom. The molecule has 0 aromatic carbocycles. The highest BCUT2D eigenvalue weighted by atomic mass is 15.3. The first-order chi connectivity index (χ1) is 9.83. The Morgan fingerprint density at radius 3 is 2.85 bits per heavy atom. The van der Waals surface area contributed by atoms with Crippen molar-refractivity contribution in [2.45, 2.75) is 70.9 Å². The molecule has 0 aromatic heterocycles. The number of fused-ring (bicyclic) bond motifs is 1. The van der Waals surface area contributed by atoms with Crippen molar-refractivity contribution in [3.05, 3.63) is 0 Å². The van der Waals surface area contributed by atoms with Crippen LogP contribution >= 0.6 is 0 Å². The van der Waals surface area contributed by atoms with Crippen LogP contribution in [0.3, 0.4) is 0 Å². The van der Waals surface area contributed by atoms with Crippen LogP contribution in [-0.4, -0.2) is 61.2 Å². The van der Waals surface area contributed by atoms with Crippen molar-refractivity contribution in [2.75, 3.05) is 39.3 Å². The van der Waals surface area contributed by atoms with Gasteiger partial charge in [0.1, 0.15) is 0 Å². The van der Waals surface area contributed by atoms with E-state index in [1.54, 1.807) is 0 Å². The van der Waals surface area contributed by atoms with Crippen molar-refractivity contribution in [1.82, 2.24) is 15.1 Å². The van der Waals surface area contributed by atoms with Crippen molar-refractivity contribution in [3.63, 3.8) is 0 Å². The lowest BCUT2D eigenvalue weighted by Crippen LogP contribution is -2.54. The van der Waals surface area contributed by atoms with Gasteiger partial charge in [0.25, 0.3) is 0 Å². The van der Waals surface area contributed by atoms with Gasteiger partial charge in [-0.25, -0.2) is 0 Å². The van der Waals surface area contributed by atoms with Crippen LogP contribution in [0.15, 0.2) is 0 Å². The van der Waals surface area contributed by atoms with Gasteiger partial charge in [-0.05, 0) is 58.2 Å². The molecule has 3 heteroatoms. The highest BCUT2D eigenvalue weighted by Crippen LogP contribution is 2.21. The first kappa shape index (κ1) is 16.3. The molecule has 0 amide bonds. The Labute approximate surface area is 126 Å². The van der Waals surface area contributed by atoms with Gasteiger partial charge in [-0.1, -0.05) is 20.3 Å². The van der Waals surface area contributed by atoms with E-state index < -0.39 is 0 Å². The molecule has 2 aliphatic rings. The van der Waals surface area contributed by atoms with Gasteiger partial charge in [0.05, 0.1) is 0 Å². The summed E-state index contributed by atoms with van der Waals surface area (Å²) in [4.78, 5) is 5.46. The minimum absolute atomic E-state index is 0.742. The fraction of sp³-hybridized carbons (Fsp3) is 1.00. The van der Waals surface area contributed by atoms with E-state index >= 15 is 0 Å². The minimum Gasteiger partial charge on any atom is -0.314 e. The molecule has 2 atom stereocenters. The van der Waals surface area contributed by atoms with Crippen LogP contribution in [0.4, 0.5) is 0 Å². The second-order valence-corrected chi connectivity index (χ2v) is 6.69. The summed E-state index contributed by atoms with van der Waals surface area (Å²) in [6.07, 6.45) is 9.55. The van der Waals surface area contributed by atoms with Crippen LogP contribution in [0.1, 0.15) is 58.8 Å². The number of nitrogens with one attached hydrogen (secondary N) is 1. The molecule has 0 bridgehead atoms. The fourth-order valence-electron chi connectivity index (χ4n) is 3.78. The van der Waals surface area contributed by atoms with Gasteiger partial charge in [0, 0.05) is 31.7 Å². The molecule has 2 aliphatic heterocycles. The molecule has 0 radical (unpaired) electrons. The zero-order valence-corrected chi connectivity index (χ0v) is 13.7. The lowest BCUT2D eigenvalue weighted by molar-refractivity contribution is 0.0483. The second kappa shape index (κ2) is 9.01. The molecule has 2 fully saturated rings. The normalized spacial score (nSPS) is 26.4. The lowest BCUT2D eigenvalue weighted by Gasteiger charge is -2.44. The van der Waals surface area contributed by atoms with Crippen LogP contribution in [0.5, 0.6) is 0 Å². The van der Waals surface area contributed by atoms with E-state index in [2.05, 4.69) is 29.0 Å². The molecule has 2 unspecified atom stereocenters. The van der Waals surface area contributed by atoms with Crippen molar-refractivity contribution in [2.24, 2.45) is 0 Å². The molecule has 0 spiro atoms. The summed E-state index contributed by atoms with van der Waals surface area (Å²) >= 11 is 0. The molecule has 3 nitrogen and oxygen atoms in total. The molecule has 118 valence electrons. The predicted molar refractivity (Wildman–Crippen MR) is 87.3 cm³/mol. The maximum atomic E-state index is 3.68. The van der Waals surface area contributed by atoms with E-state index in [0.29, 0.717) is 0 Å². The SMILES string of the molecule is CCCNC(CC)CCCN1CCN2CCCCC2C1. The summed E-state index contributed by atoms with van der Waals surface area (Å²) < 4.78 is 0. The van der Waals surface area contributed by atoms with Gasteiger partial charge in [-0.15, -0.1) is 0 Å². The number of piperazine rings is 1. The summed E-state index contributed by atoms with van der Waals surface area (Å²) in [7, 11) is 0. The minimum atomic E-state index is 0.742. The van der Waals surface area contributed by atoms with E-state index in [9.17, 15) is 0 Å². The summed E-state index contributed by atoms with van der Waals surface area (Å²) in [6, 6.07) is 1.61. The van der Waals surface area contributed by atoms with Crippen LogP contribution in [0.25, 0.3) is 0 Å². The molecule has 1 N–H and O–H groups in total. The molecule has 0 aromatic rings. The average molecular weight is 281 g/mol. The van der Waals surface area contributed by atoms with Crippen LogP contribution in [-0.2, 0) is 0 Å². The Balaban J connectivity index is 1.61. The smallest absolute Gasteiger partial charge is 0.0223 e. The highest BCUT2D eigenvalue weighted by molar-refractivity contribution is 4.85. The molecule has 2 rings (SSSR count). The van der Waals surface area contributed by atoms with E-state index in [1.165, 1.54) is 84.2 Å². The van der Waals surface area contributed by atoms with Gasteiger partial charge in [0.15, 0.2) is 0 Å². The zero-order chi connectivity index (χ0) is 14.2. The first-order valence-corrected chi connectivity index (χ1v) is 9.03. The number of piperidine rings is 1. The highest BCUT2D eigenvalue weighted by Gasteiger charge is 2.28. The molecule has 20 heavy (non-hydrogen) atoms. The maximum Gasteiger partial charge on any atom is 0.0223 e. The van der Waals surface area contributed by atoms with Crippen molar-refractivity contribution >= 4 is 0 Å². The molecule has 2 saturated heterocycles. The Kier molecular flexibility index (Phi) is 7.32. The number of hydrogen-bond acceptors (Lipinski definition) is 3. The molecule has 2 heterocycles. The summed E-state index contributed by atoms with van der Waals surface area (Å²) in [5.74, 6) is 0. The largest absolute Gasteiger partial charge is 0.314 e. The quantitative estimate of drug-likeness (QED) is 0.738. The first-order valence-electron chi connectivity index (χ1n) is 9.03. The lowest BCUT2D eigenvalue weighted by atomic mass is 9.99. The average Bonchev–Trinajstić information content (AvgIpc) is 2.50. The van der Waals surface area contributed by atoms with Crippen LogP contribution in [0, 0.1) is 0 Å². The standard InChI is InChI=1S/C17H35N3/c1-3-10-18-16(4-2)8-7-11-19-13-14-20-12-6-5-9-17(20)15-19/h16-18H,3-15H2,1-2H3. The van der Waals surface area contributed by atoms with Gasteiger partial charge >= 0.3 is 0 Å². The predicted octanol–water partition coefficient (Wildman–Crippen LogP) is 2.71. The van der Waals surface area contributed by atoms with E-state index in [-0.39, 0.29) is 0 Å². The topological polar surface area (TPSA) is 18.5 Å². The molecular weight excluding hydrogens is 246 g/mol. The van der Waals surface area contributed by atoms with Gasteiger partial charge in [-0.2, -0.15) is 0 Å². The Hall–Kier alpha value is -0.120. The third-order valence-electron chi connectivity index (χ3n) is 5.12. The molecule has 0 saturated carbocycles. The monoisotopic (exact) mass is 281 g/mol. The summed E-state index contributed by atoms with van der Waals surface area (Å²) in [5, 5.41) is 3.68. The fourth-order valence-corrected chi connectivity index (χ4v) is 3.78. The second-order valence-electron chi connectivity index (χ2n) is 6.69. The van der Waals surface area contributed by atoms with Crippen molar-refractivity contribution < 1.29 is 0 Å². The van der Waals surface area contributed by atoms with Gasteiger partial charge < -0.3 is 10.2 Å².